The Morgan fingerprint density at radius 1 is 1.19 bits per heavy atom. The lowest BCUT2D eigenvalue weighted by Gasteiger charge is -2.14. The molecule has 16 heavy (non-hydrogen) atoms. The average Bonchev–Trinajstić information content (AvgIpc) is 2.29. The minimum absolute atomic E-state index is 0.144. The van der Waals surface area contributed by atoms with Crippen molar-refractivity contribution in [3.05, 3.63) is 59.3 Å². The molecule has 0 saturated heterocycles. The Labute approximate surface area is 95.1 Å². The van der Waals surface area contributed by atoms with Crippen LogP contribution in [0.1, 0.15) is 22.7 Å². The minimum Gasteiger partial charge on any atom is -0.384 e. The standard InChI is InChI=1S/C13H15N3/c1-9-7-12(14)16-8-11(9)13(15)10-5-3-2-4-6-10/h2-8,13H,15H2,1H3,(H2,14,16). The Morgan fingerprint density at radius 3 is 2.50 bits per heavy atom. The molecule has 1 unspecified atom stereocenters. The maximum absolute atomic E-state index is 6.19. The number of hydrogen-bond donors (Lipinski definition) is 2. The third-order valence-corrected chi connectivity index (χ3v) is 2.67. The van der Waals surface area contributed by atoms with Crippen molar-refractivity contribution in [1.29, 1.82) is 0 Å². The summed E-state index contributed by atoms with van der Waals surface area (Å²) in [7, 11) is 0. The van der Waals surface area contributed by atoms with E-state index in [4.69, 9.17) is 11.5 Å². The second-order valence-electron chi connectivity index (χ2n) is 3.85. The molecule has 1 aromatic carbocycles. The van der Waals surface area contributed by atoms with E-state index in [2.05, 4.69) is 4.98 Å². The van der Waals surface area contributed by atoms with Gasteiger partial charge in [0.25, 0.3) is 0 Å². The highest BCUT2D eigenvalue weighted by Gasteiger charge is 2.11. The Kier molecular flexibility index (Phi) is 2.88. The highest BCUT2D eigenvalue weighted by Crippen LogP contribution is 2.22. The summed E-state index contributed by atoms with van der Waals surface area (Å²) in [5.74, 6) is 0.529. The van der Waals surface area contributed by atoms with Crippen LogP contribution >= 0.6 is 0 Å². The molecule has 0 aliphatic rings. The molecule has 1 heterocycles. The van der Waals surface area contributed by atoms with Gasteiger partial charge in [-0.2, -0.15) is 0 Å². The molecule has 3 nitrogen and oxygen atoms in total. The second-order valence-corrected chi connectivity index (χ2v) is 3.85. The van der Waals surface area contributed by atoms with Crippen LogP contribution in [0.2, 0.25) is 0 Å². The van der Waals surface area contributed by atoms with Gasteiger partial charge in [0.2, 0.25) is 0 Å². The van der Waals surface area contributed by atoms with Gasteiger partial charge >= 0.3 is 0 Å². The van der Waals surface area contributed by atoms with Gasteiger partial charge in [-0.15, -0.1) is 0 Å². The quantitative estimate of drug-likeness (QED) is 0.802. The van der Waals surface area contributed by atoms with Gasteiger partial charge in [0.1, 0.15) is 5.82 Å². The molecule has 0 spiro atoms. The molecule has 0 saturated carbocycles. The number of benzene rings is 1. The molecule has 1 aromatic heterocycles. The summed E-state index contributed by atoms with van der Waals surface area (Å²) in [6.45, 7) is 2.00. The van der Waals surface area contributed by atoms with Crippen molar-refractivity contribution in [3.8, 4) is 0 Å². The first-order chi connectivity index (χ1) is 7.68. The zero-order valence-corrected chi connectivity index (χ0v) is 9.22. The van der Waals surface area contributed by atoms with Crippen molar-refractivity contribution < 1.29 is 0 Å². The molecule has 1 atom stereocenters. The van der Waals surface area contributed by atoms with Crippen LogP contribution in [-0.4, -0.2) is 4.98 Å². The van der Waals surface area contributed by atoms with E-state index in [-0.39, 0.29) is 6.04 Å². The molecule has 0 amide bonds. The lowest BCUT2D eigenvalue weighted by atomic mass is 9.98. The fourth-order valence-corrected chi connectivity index (χ4v) is 1.75. The largest absolute Gasteiger partial charge is 0.384 e. The van der Waals surface area contributed by atoms with E-state index in [0.29, 0.717) is 5.82 Å². The van der Waals surface area contributed by atoms with Crippen molar-refractivity contribution in [1.82, 2.24) is 4.98 Å². The van der Waals surface area contributed by atoms with Crippen molar-refractivity contribution in [2.24, 2.45) is 5.73 Å². The van der Waals surface area contributed by atoms with Crippen molar-refractivity contribution in [2.45, 2.75) is 13.0 Å². The van der Waals surface area contributed by atoms with Gasteiger partial charge in [-0.3, -0.25) is 0 Å². The number of nitrogens with zero attached hydrogens (tertiary/aromatic N) is 1. The molecule has 82 valence electrons. The SMILES string of the molecule is Cc1cc(N)ncc1C(N)c1ccccc1. The number of nitrogen functional groups attached to an aromatic ring is 1. The topological polar surface area (TPSA) is 64.9 Å². The van der Waals surface area contributed by atoms with Crippen LogP contribution in [0.5, 0.6) is 0 Å². The summed E-state index contributed by atoms with van der Waals surface area (Å²) in [6.07, 6.45) is 1.75. The van der Waals surface area contributed by atoms with Gasteiger partial charge in [-0.1, -0.05) is 30.3 Å². The summed E-state index contributed by atoms with van der Waals surface area (Å²) in [5.41, 5.74) is 15.0. The first kappa shape index (κ1) is 10.6. The molecule has 3 heteroatoms. The van der Waals surface area contributed by atoms with Gasteiger partial charge in [0, 0.05) is 6.20 Å². The molecule has 0 aliphatic heterocycles. The van der Waals surface area contributed by atoms with E-state index in [1.54, 1.807) is 6.20 Å². The zero-order valence-electron chi connectivity index (χ0n) is 9.22. The van der Waals surface area contributed by atoms with Gasteiger partial charge in [-0.25, -0.2) is 4.98 Å². The van der Waals surface area contributed by atoms with Gasteiger partial charge in [0.05, 0.1) is 6.04 Å². The number of rotatable bonds is 2. The molecule has 2 aromatic rings. The van der Waals surface area contributed by atoms with Crippen molar-refractivity contribution >= 4 is 5.82 Å². The predicted octanol–water partition coefficient (Wildman–Crippen LogP) is 2.02. The predicted molar refractivity (Wildman–Crippen MR) is 65.9 cm³/mol. The van der Waals surface area contributed by atoms with E-state index in [1.807, 2.05) is 43.3 Å². The molecule has 0 fully saturated rings. The third kappa shape index (κ3) is 2.04. The number of aromatic nitrogens is 1. The monoisotopic (exact) mass is 213 g/mol. The van der Waals surface area contributed by atoms with Crippen LogP contribution in [0.25, 0.3) is 0 Å². The molecular weight excluding hydrogens is 198 g/mol. The molecule has 0 radical (unpaired) electrons. The molecule has 0 aliphatic carbocycles. The zero-order chi connectivity index (χ0) is 11.5. The summed E-state index contributed by atoms with van der Waals surface area (Å²) in [4.78, 5) is 4.08. The average molecular weight is 213 g/mol. The lowest BCUT2D eigenvalue weighted by Crippen LogP contribution is -2.13. The summed E-state index contributed by atoms with van der Waals surface area (Å²) in [6, 6.07) is 11.7. The van der Waals surface area contributed by atoms with Crippen LogP contribution in [0.3, 0.4) is 0 Å². The van der Waals surface area contributed by atoms with Crippen LogP contribution in [0, 0.1) is 6.92 Å². The van der Waals surface area contributed by atoms with Crippen LogP contribution in [-0.2, 0) is 0 Å². The second kappa shape index (κ2) is 4.33. The number of nitrogens with two attached hydrogens (primary N) is 2. The Balaban J connectivity index is 2.38. The van der Waals surface area contributed by atoms with Gasteiger partial charge in [0.15, 0.2) is 0 Å². The van der Waals surface area contributed by atoms with E-state index < -0.39 is 0 Å². The first-order valence-corrected chi connectivity index (χ1v) is 5.21. The fraction of sp³-hybridized carbons (Fsp3) is 0.154. The van der Waals surface area contributed by atoms with E-state index >= 15 is 0 Å². The smallest absolute Gasteiger partial charge is 0.123 e. The third-order valence-electron chi connectivity index (χ3n) is 2.67. The van der Waals surface area contributed by atoms with Gasteiger partial charge < -0.3 is 11.5 Å². The highest BCUT2D eigenvalue weighted by atomic mass is 14.8. The van der Waals surface area contributed by atoms with E-state index in [0.717, 1.165) is 16.7 Å². The molecule has 0 bridgehead atoms. The normalized spacial score (nSPS) is 12.4. The first-order valence-electron chi connectivity index (χ1n) is 5.21. The van der Waals surface area contributed by atoms with Crippen molar-refractivity contribution in [3.63, 3.8) is 0 Å². The molecule has 2 rings (SSSR count). The van der Waals surface area contributed by atoms with Crippen LogP contribution < -0.4 is 11.5 Å². The maximum atomic E-state index is 6.19. The van der Waals surface area contributed by atoms with Crippen molar-refractivity contribution in [2.75, 3.05) is 5.73 Å². The lowest BCUT2D eigenvalue weighted by molar-refractivity contribution is 0.854. The van der Waals surface area contributed by atoms with Crippen LogP contribution in [0.4, 0.5) is 5.82 Å². The number of pyridine rings is 1. The van der Waals surface area contributed by atoms with Gasteiger partial charge in [-0.05, 0) is 29.7 Å². The number of aryl methyl sites for hydroxylation is 1. The Hall–Kier alpha value is -1.87. The Morgan fingerprint density at radius 2 is 1.88 bits per heavy atom. The minimum atomic E-state index is -0.144. The molecule has 4 N–H and O–H groups in total. The number of hydrogen-bond acceptors (Lipinski definition) is 3. The van der Waals surface area contributed by atoms with E-state index in [1.165, 1.54) is 0 Å². The number of anilines is 1. The molecular formula is C13H15N3. The summed E-state index contributed by atoms with van der Waals surface area (Å²) >= 11 is 0. The maximum Gasteiger partial charge on any atom is 0.123 e. The fourth-order valence-electron chi connectivity index (χ4n) is 1.75. The highest BCUT2D eigenvalue weighted by molar-refractivity contribution is 5.41. The van der Waals surface area contributed by atoms with E-state index in [9.17, 15) is 0 Å². The Bertz CT molecular complexity index is 480. The summed E-state index contributed by atoms with van der Waals surface area (Å²) < 4.78 is 0. The summed E-state index contributed by atoms with van der Waals surface area (Å²) in [5, 5.41) is 0. The van der Waals surface area contributed by atoms with Crippen LogP contribution in [0.15, 0.2) is 42.6 Å².